The molecule has 4 nitrogen and oxygen atoms in total. The number of piperidine rings is 1. The van der Waals surface area contributed by atoms with E-state index in [1.54, 1.807) is 24.3 Å². The summed E-state index contributed by atoms with van der Waals surface area (Å²) in [5.74, 6) is -1.32. The number of ether oxygens (including phenoxy) is 1. The number of amides is 1. The van der Waals surface area contributed by atoms with Crippen LogP contribution in [0.3, 0.4) is 0 Å². The zero-order valence-corrected chi connectivity index (χ0v) is 11.5. The first-order chi connectivity index (χ1) is 9.93. The van der Waals surface area contributed by atoms with Crippen molar-refractivity contribution in [2.45, 2.75) is 31.1 Å². The van der Waals surface area contributed by atoms with Gasteiger partial charge >= 0.3 is 12.1 Å². The standard InChI is InChI=1S/C14H17F3N2O2/c1-21-11-7-3-2-5-9(11)12-10(6-4-8-18-12)19-13(20)14(15,16)17/h2-3,5,7,10,12,18H,4,6,8H2,1H3,(H,19,20)/t10-,12+/m1/s1. The normalized spacial score (nSPS) is 22.7. The minimum absolute atomic E-state index is 0.402. The van der Waals surface area contributed by atoms with Crippen LogP contribution >= 0.6 is 0 Å². The van der Waals surface area contributed by atoms with Gasteiger partial charge in [-0.3, -0.25) is 4.79 Å². The molecule has 1 aromatic rings. The molecule has 1 saturated heterocycles. The fourth-order valence-electron chi connectivity index (χ4n) is 2.54. The zero-order valence-electron chi connectivity index (χ0n) is 11.5. The van der Waals surface area contributed by atoms with E-state index in [-0.39, 0.29) is 0 Å². The van der Waals surface area contributed by atoms with Gasteiger partial charge in [-0.25, -0.2) is 0 Å². The van der Waals surface area contributed by atoms with Crippen LogP contribution in [0, 0.1) is 0 Å². The number of nitrogens with one attached hydrogen (secondary N) is 2. The van der Waals surface area contributed by atoms with Crippen LogP contribution in [-0.2, 0) is 4.79 Å². The zero-order chi connectivity index (χ0) is 15.5. The SMILES string of the molecule is COc1ccccc1[C@@H]1NCCC[C@H]1NC(=O)C(F)(F)F. The highest BCUT2D eigenvalue weighted by molar-refractivity contribution is 5.82. The van der Waals surface area contributed by atoms with Crippen LogP contribution in [0.4, 0.5) is 13.2 Å². The molecule has 1 fully saturated rings. The highest BCUT2D eigenvalue weighted by Crippen LogP contribution is 2.31. The van der Waals surface area contributed by atoms with E-state index in [1.807, 2.05) is 0 Å². The number of carbonyl (C=O) groups excluding carboxylic acids is 1. The Hall–Kier alpha value is -1.76. The van der Waals surface area contributed by atoms with Crippen molar-refractivity contribution in [3.63, 3.8) is 0 Å². The predicted octanol–water partition coefficient (Wildman–Crippen LogP) is 2.17. The van der Waals surface area contributed by atoms with Crippen molar-refractivity contribution in [1.82, 2.24) is 10.6 Å². The summed E-state index contributed by atoms with van der Waals surface area (Å²) in [6.07, 6.45) is -3.69. The summed E-state index contributed by atoms with van der Waals surface area (Å²) < 4.78 is 42.5. The van der Waals surface area contributed by atoms with Crippen LogP contribution in [-0.4, -0.2) is 31.8 Å². The number of methoxy groups -OCH3 is 1. The van der Waals surface area contributed by atoms with Crippen molar-refractivity contribution in [3.05, 3.63) is 29.8 Å². The second kappa shape index (κ2) is 6.34. The van der Waals surface area contributed by atoms with Crippen LogP contribution in [0.5, 0.6) is 5.75 Å². The lowest BCUT2D eigenvalue weighted by atomic mass is 9.91. The number of hydrogen-bond donors (Lipinski definition) is 2. The highest BCUT2D eigenvalue weighted by atomic mass is 19.4. The maximum absolute atomic E-state index is 12.4. The van der Waals surface area contributed by atoms with E-state index >= 15 is 0 Å². The molecule has 7 heteroatoms. The summed E-state index contributed by atoms with van der Waals surface area (Å²) in [5.41, 5.74) is 0.743. The Bertz CT molecular complexity index is 505. The molecule has 1 aliphatic heterocycles. The van der Waals surface area contributed by atoms with Crippen LogP contribution < -0.4 is 15.4 Å². The van der Waals surface area contributed by atoms with E-state index in [9.17, 15) is 18.0 Å². The second-order valence-corrected chi connectivity index (χ2v) is 4.89. The summed E-state index contributed by atoms with van der Waals surface area (Å²) in [6.45, 7) is 0.682. The minimum Gasteiger partial charge on any atom is -0.496 e. The first kappa shape index (κ1) is 15.6. The largest absolute Gasteiger partial charge is 0.496 e. The van der Waals surface area contributed by atoms with Gasteiger partial charge < -0.3 is 15.4 Å². The fourth-order valence-corrected chi connectivity index (χ4v) is 2.54. The maximum atomic E-state index is 12.4. The Labute approximate surface area is 120 Å². The van der Waals surface area contributed by atoms with Crippen LogP contribution in [0.1, 0.15) is 24.4 Å². The topological polar surface area (TPSA) is 50.4 Å². The van der Waals surface area contributed by atoms with Gasteiger partial charge in [0, 0.05) is 11.6 Å². The van der Waals surface area contributed by atoms with Crippen molar-refractivity contribution in [1.29, 1.82) is 0 Å². The Balaban J connectivity index is 2.21. The molecule has 0 aromatic heterocycles. The molecule has 1 heterocycles. The van der Waals surface area contributed by atoms with E-state index in [0.717, 1.165) is 5.56 Å². The van der Waals surface area contributed by atoms with Gasteiger partial charge in [0.2, 0.25) is 0 Å². The molecule has 116 valence electrons. The Morgan fingerprint density at radius 1 is 1.38 bits per heavy atom. The molecule has 0 bridgehead atoms. The van der Waals surface area contributed by atoms with Crippen LogP contribution in [0.25, 0.3) is 0 Å². The Morgan fingerprint density at radius 3 is 2.76 bits per heavy atom. The average molecular weight is 302 g/mol. The van der Waals surface area contributed by atoms with Crippen molar-refractivity contribution < 1.29 is 22.7 Å². The van der Waals surface area contributed by atoms with Gasteiger partial charge in [-0.2, -0.15) is 13.2 Å². The molecule has 2 atom stereocenters. The van der Waals surface area contributed by atoms with Gasteiger partial charge in [0.1, 0.15) is 5.75 Å². The third-order valence-electron chi connectivity index (χ3n) is 3.51. The molecule has 21 heavy (non-hydrogen) atoms. The second-order valence-electron chi connectivity index (χ2n) is 4.89. The molecule has 0 aliphatic carbocycles. The number of rotatable bonds is 3. The van der Waals surface area contributed by atoms with Crippen LogP contribution in [0.2, 0.25) is 0 Å². The maximum Gasteiger partial charge on any atom is 0.471 e. The van der Waals surface area contributed by atoms with Gasteiger partial charge in [-0.1, -0.05) is 18.2 Å². The van der Waals surface area contributed by atoms with E-state index < -0.39 is 24.2 Å². The smallest absolute Gasteiger partial charge is 0.471 e. The lowest BCUT2D eigenvalue weighted by molar-refractivity contribution is -0.174. The molecule has 0 spiro atoms. The Kier molecular flexibility index (Phi) is 4.72. The molecule has 0 radical (unpaired) electrons. The van der Waals surface area contributed by atoms with Crippen molar-refractivity contribution in [2.24, 2.45) is 0 Å². The van der Waals surface area contributed by atoms with Gasteiger partial charge in [0.25, 0.3) is 0 Å². The number of benzene rings is 1. The van der Waals surface area contributed by atoms with Gasteiger partial charge in [-0.15, -0.1) is 0 Å². The van der Waals surface area contributed by atoms with E-state index in [4.69, 9.17) is 4.74 Å². The summed E-state index contributed by atoms with van der Waals surface area (Å²) >= 11 is 0. The molecule has 2 rings (SSSR count). The molecule has 1 amide bonds. The summed E-state index contributed by atoms with van der Waals surface area (Å²) in [4.78, 5) is 11.2. The molecule has 0 saturated carbocycles. The minimum atomic E-state index is -4.87. The summed E-state index contributed by atoms with van der Waals surface area (Å²) in [6, 6.07) is 6.08. The Morgan fingerprint density at radius 2 is 2.10 bits per heavy atom. The average Bonchev–Trinajstić information content (AvgIpc) is 2.47. The molecule has 2 N–H and O–H groups in total. The van der Waals surface area contributed by atoms with E-state index in [1.165, 1.54) is 7.11 Å². The highest BCUT2D eigenvalue weighted by Gasteiger charge is 2.41. The van der Waals surface area contributed by atoms with Crippen molar-refractivity contribution in [2.75, 3.05) is 13.7 Å². The lowest BCUT2D eigenvalue weighted by Gasteiger charge is -2.34. The third kappa shape index (κ3) is 3.66. The fraction of sp³-hybridized carbons (Fsp3) is 0.500. The quantitative estimate of drug-likeness (QED) is 0.899. The summed E-state index contributed by atoms with van der Waals surface area (Å²) in [7, 11) is 1.50. The number of hydrogen-bond acceptors (Lipinski definition) is 3. The van der Waals surface area contributed by atoms with E-state index in [0.29, 0.717) is 25.1 Å². The first-order valence-electron chi connectivity index (χ1n) is 6.67. The predicted molar refractivity (Wildman–Crippen MR) is 71.0 cm³/mol. The molecule has 1 aromatic carbocycles. The van der Waals surface area contributed by atoms with Gasteiger partial charge in [0.15, 0.2) is 0 Å². The first-order valence-corrected chi connectivity index (χ1v) is 6.67. The lowest BCUT2D eigenvalue weighted by Crippen LogP contribution is -2.51. The molecular weight excluding hydrogens is 285 g/mol. The molecule has 1 aliphatic rings. The van der Waals surface area contributed by atoms with Crippen LogP contribution in [0.15, 0.2) is 24.3 Å². The monoisotopic (exact) mass is 302 g/mol. The number of para-hydroxylation sites is 1. The summed E-state index contributed by atoms with van der Waals surface area (Å²) in [5, 5.41) is 5.23. The third-order valence-corrected chi connectivity index (χ3v) is 3.51. The van der Waals surface area contributed by atoms with Gasteiger partial charge in [-0.05, 0) is 25.5 Å². The molecule has 0 unspecified atom stereocenters. The van der Waals surface area contributed by atoms with E-state index in [2.05, 4.69) is 10.6 Å². The molecular formula is C14H17F3N2O2. The number of alkyl halides is 3. The number of carbonyl (C=O) groups is 1. The van der Waals surface area contributed by atoms with Crippen molar-refractivity contribution >= 4 is 5.91 Å². The number of halogens is 3. The van der Waals surface area contributed by atoms with Crippen molar-refractivity contribution in [3.8, 4) is 5.75 Å². The van der Waals surface area contributed by atoms with Gasteiger partial charge in [0.05, 0.1) is 13.2 Å².